The summed E-state index contributed by atoms with van der Waals surface area (Å²) in [6, 6.07) is 2.90. The van der Waals surface area contributed by atoms with E-state index in [0.717, 1.165) is 18.2 Å². The topological polar surface area (TPSA) is 153 Å². The molecule has 0 radical (unpaired) electrons. The minimum atomic E-state index is -4.06. The Kier molecular flexibility index (Phi) is 3.83. The normalized spacial score (nSPS) is 10.9. The minimum Gasteiger partial charge on any atom is -0.480 e. The van der Waals surface area contributed by atoms with Crippen LogP contribution in [0.3, 0.4) is 0 Å². The summed E-state index contributed by atoms with van der Waals surface area (Å²) in [6.45, 7) is -0.532. The highest BCUT2D eigenvalue weighted by molar-refractivity contribution is 7.89. The Hall–Kier alpha value is -2.20. The van der Waals surface area contributed by atoms with Gasteiger partial charge in [-0.1, -0.05) is 0 Å². The maximum atomic E-state index is 11.0. The molecule has 0 unspecified atom stereocenters. The van der Waals surface area contributed by atoms with Crippen molar-refractivity contribution >= 4 is 27.4 Å². The maximum Gasteiger partial charge on any atom is 0.322 e. The highest BCUT2D eigenvalue weighted by Gasteiger charge is 2.19. The summed E-state index contributed by atoms with van der Waals surface area (Å²) in [5.41, 5.74) is -0.669. The molecule has 18 heavy (non-hydrogen) atoms. The SMILES string of the molecule is NS(=O)(=O)c1ccc(NCC(=O)O)c([N+](=O)[O-])c1. The first-order valence-electron chi connectivity index (χ1n) is 4.48. The molecule has 1 rings (SSSR count). The number of aliphatic carboxylic acids is 1. The maximum absolute atomic E-state index is 11.0. The molecule has 0 amide bonds. The second-order valence-corrected chi connectivity index (χ2v) is 4.79. The number of nitro benzene ring substituents is 1. The van der Waals surface area contributed by atoms with Crippen molar-refractivity contribution < 1.29 is 23.2 Å². The fraction of sp³-hybridized carbons (Fsp3) is 0.125. The van der Waals surface area contributed by atoms with Crippen LogP contribution in [0, 0.1) is 10.1 Å². The number of hydrogen-bond donors (Lipinski definition) is 3. The van der Waals surface area contributed by atoms with E-state index in [-0.39, 0.29) is 5.69 Å². The molecule has 98 valence electrons. The molecule has 0 fully saturated rings. The van der Waals surface area contributed by atoms with Crippen molar-refractivity contribution in [1.29, 1.82) is 0 Å². The molecule has 4 N–H and O–H groups in total. The van der Waals surface area contributed by atoms with Crippen LogP contribution in [-0.2, 0) is 14.8 Å². The summed E-state index contributed by atoms with van der Waals surface area (Å²) in [7, 11) is -4.06. The number of nitrogens with two attached hydrogens (primary N) is 1. The Morgan fingerprint density at radius 3 is 2.56 bits per heavy atom. The fourth-order valence-electron chi connectivity index (χ4n) is 1.16. The Morgan fingerprint density at radius 2 is 2.11 bits per heavy atom. The molecule has 1 aromatic rings. The van der Waals surface area contributed by atoms with Crippen molar-refractivity contribution in [1.82, 2.24) is 0 Å². The van der Waals surface area contributed by atoms with E-state index in [9.17, 15) is 23.3 Å². The molecule has 0 bridgehead atoms. The van der Waals surface area contributed by atoms with Gasteiger partial charge in [0.2, 0.25) is 10.0 Å². The van der Waals surface area contributed by atoms with Gasteiger partial charge in [0, 0.05) is 6.07 Å². The number of carbonyl (C=O) groups is 1. The molecule has 0 aliphatic carbocycles. The van der Waals surface area contributed by atoms with E-state index in [2.05, 4.69) is 5.32 Å². The van der Waals surface area contributed by atoms with E-state index in [1.165, 1.54) is 0 Å². The fourth-order valence-corrected chi connectivity index (χ4v) is 1.69. The molecule has 10 heteroatoms. The number of carboxylic acids is 1. The first-order chi connectivity index (χ1) is 8.21. The van der Waals surface area contributed by atoms with E-state index in [1.54, 1.807) is 0 Å². The minimum absolute atomic E-state index is 0.102. The van der Waals surface area contributed by atoms with Crippen molar-refractivity contribution in [2.24, 2.45) is 5.14 Å². The molecule has 0 atom stereocenters. The number of sulfonamides is 1. The monoisotopic (exact) mass is 275 g/mol. The number of nitro groups is 1. The molecule has 0 saturated heterocycles. The van der Waals surface area contributed by atoms with Crippen LogP contribution in [0.1, 0.15) is 0 Å². The Labute approximate surface area is 101 Å². The molecule has 0 aliphatic rings. The van der Waals surface area contributed by atoms with Crippen molar-refractivity contribution in [3.63, 3.8) is 0 Å². The van der Waals surface area contributed by atoms with E-state index < -0.39 is 38.0 Å². The van der Waals surface area contributed by atoms with Crippen LogP contribution < -0.4 is 10.5 Å². The summed E-state index contributed by atoms with van der Waals surface area (Å²) in [4.78, 5) is 19.8. The van der Waals surface area contributed by atoms with Gasteiger partial charge in [-0.05, 0) is 12.1 Å². The van der Waals surface area contributed by atoms with Crippen LogP contribution in [0.5, 0.6) is 0 Å². The van der Waals surface area contributed by atoms with Gasteiger partial charge in [0.15, 0.2) is 0 Å². The van der Waals surface area contributed by atoms with Crippen LogP contribution in [0.15, 0.2) is 23.1 Å². The highest BCUT2D eigenvalue weighted by atomic mass is 32.2. The average molecular weight is 275 g/mol. The summed E-state index contributed by atoms with van der Waals surface area (Å²) >= 11 is 0. The molecular weight excluding hydrogens is 266 g/mol. The van der Waals surface area contributed by atoms with Crippen molar-refractivity contribution in [2.45, 2.75) is 4.90 Å². The van der Waals surface area contributed by atoms with Gasteiger partial charge in [0.1, 0.15) is 12.2 Å². The largest absolute Gasteiger partial charge is 0.480 e. The zero-order valence-electron chi connectivity index (χ0n) is 8.86. The summed E-state index contributed by atoms with van der Waals surface area (Å²) in [6.07, 6.45) is 0. The van der Waals surface area contributed by atoms with Gasteiger partial charge >= 0.3 is 5.97 Å². The second-order valence-electron chi connectivity index (χ2n) is 3.23. The zero-order chi connectivity index (χ0) is 13.9. The number of rotatable bonds is 5. The van der Waals surface area contributed by atoms with Gasteiger partial charge in [-0.2, -0.15) is 0 Å². The predicted octanol–water partition coefficient (Wildman–Crippen LogP) is -0.261. The third kappa shape index (κ3) is 3.40. The lowest BCUT2D eigenvalue weighted by Crippen LogP contribution is -2.15. The number of primary sulfonamides is 1. The molecule has 1 aromatic carbocycles. The van der Waals surface area contributed by atoms with Crippen molar-refractivity contribution in [3.8, 4) is 0 Å². The molecule has 0 aliphatic heterocycles. The van der Waals surface area contributed by atoms with Gasteiger partial charge in [-0.25, -0.2) is 13.6 Å². The van der Waals surface area contributed by atoms with Crippen LogP contribution in [0.4, 0.5) is 11.4 Å². The number of carboxylic acid groups (broad SMARTS) is 1. The Morgan fingerprint density at radius 1 is 1.50 bits per heavy atom. The number of nitrogens with one attached hydrogen (secondary N) is 1. The molecular formula is C8H9N3O6S. The van der Waals surface area contributed by atoms with Crippen LogP contribution in [0.2, 0.25) is 0 Å². The van der Waals surface area contributed by atoms with Gasteiger partial charge in [-0.3, -0.25) is 14.9 Å². The lowest BCUT2D eigenvalue weighted by molar-refractivity contribution is -0.384. The lowest BCUT2D eigenvalue weighted by atomic mass is 10.2. The average Bonchev–Trinajstić information content (AvgIpc) is 2.24. The van der Waals surface area contributed by atoms with Crippen molar-refractivity contribution in [3.05, 3.63) is 28.3 Å². The van der Waals surface area contributed by atoms with Crippen LogP contribution >= 0.6 is 0 Å². The van der Waals surface area contributed by atoms with E-state index in [1.807, 2.05) is 0 Å². The predicted molar refractivity (Wildman–Crippen MR) is 60.6 cm³/mol. The van der Waals surface area contributed by atoms with E-state index in [0.29, 0.717) is 0 Å². The molecule has 0 saturated carbocycles. The van der Waals surface area contributed by atoms with E-state index >= 15 is 0 Å². The van der Waals surface area contributed by atoms with Crippen LogP contribution in [-0.4, -0.2) is 31.0 Å². The second kappa shape index (κ2) is 4.98. The van der Waals surface area contributed by atoms with E-state index in [4.69, 9.17) is 10.2 Å². The number of nitrogens with zero attached hydrogens (tertiary/aromatic N) is 1. The quantitative estimate of drug-likeness (QED) is 0.494. The zero-order valence-corrected chi connectivity index (χ0v) is 9.68. The standard InChI is InChI=1S/C8H9N3O6S/c9-18(16,17)5-1-2-6(10-4-8(12)13)7(3-5)11(14)15/h1-3,10H,4H2,(H,12,13)(H2,9,16,17). The van der Waals surface area contributed by atoms with Crippen molar-refractivity contribution in [2.75, 3.05) is 11.9 Å². The summed E-state index contributed by atoms with van der Waals surface area (Å²) < 4.78 is 22.1. The van der Waals surface area contributed by atoms with Gasteiger partial charge in [0.25, 0.3) is 5.69 Å². The van der Waals surface area contributed by atoms with Crippen LogP contribution in [0.25, 0.3) is 0 Å². The summed E-state index contributed by atoms with van der Waals surface area (Å²) in [5, 5.41) is 26.3. The first-order valence-corrected chi connectivity index (χ1v) is 6.03. The third-order valence-electron chi connectivity index (χ3n) is 1.92. The number of benzene rings is 1. The molecule has 0 spiro atoms. The third-order valence-corrected chi connectivity index (χ3v) is 2.84. The lowest BCUT2D eigenvalue weighted by Gasteiger charge is -2.05. The molecule has 9 nitrogen and oxygen atoms in total. The molecule has 0 aromatic heterocycles. The van der Waals surface area contributed by atoms with Gasteiger partial charge < -0.3 is 10.4 Å². The summed E-state index contributed by atoms with van der Waals surface area (Å²) in [5.74, 6) is -1.21. The van der Waals surface area contributed by atoms with Gasteiger partial charge in [0.05, 0.1) is 9.82 Å². The molecule has 0 heterocycles. The Bertz CT molecular complexity index is 597. The number of anilines is 1. The smallest absolute Gasteiger partial charge is 0.322 e. The Balaban J connectivity index is 3.21. The first kappa shape index (κ1) is 13.9. The number of hydrogen-bond acceptors (Lipinski definition) is 6. The highest BCUT2D eigenvalue weighted by Crippen LogP contribution is 2.26. The van der Waals surface area contributed by atoms with Gasteiger partial charge in [-0.15, -0.1) is 0 Å².